The minimum atomic E-state index is 0.673. The Labute approximate surface area is 122 Å². The van der Waals surface area contributed by atoms with E-state index in [1.807, 2.05) is 48.5 Å². The van der Waals surface area contributed by atoms with Crippen molar-refractivity contribution in [2.75, 3.05) is 12.5 Å². The lowest BCUT2D eigenvalue weighted by Crippen LogP contribution is -1.97. The quantitative estimate of drug-likeness (QED) is 0.588. The molecule has 0 radical (unpaired) electrons. The minimum Gasteiger partial charge on any atom is -0.496 e. The van der Waals surface area contributed by atoms with Crippen molar-refractivity contribution >= 4 is 22.9 Å². The van der Waals surface area contributed by atoms with E-state index < -0.39 is 0 Å². The number of aromatic nitrogens is 2. The molecular formula is C16H14N4O. The number of hydrazone groups is 1. The normalized spacial score (nSPS) is 10.9. The Hall–Kier alpha value is -2.95. The number of fused-ring (bicyclic) bond motifs is 1. The van der Waals surface area contributed by atoms with Gasteiger partial charge in [-0.15, -0.1) is 0 Å². The van der Waals surface area contributed by atoms with Crippen LogP contribution in [0.1, 0.15) is 5.56 Å². The van der Waals surface area contributed by atoms with E-state index in [0.717, 1.165) is 22.2 Å². The van der Waals surface area contributed by atoms with Crippen LogP contribution in [-0.4, -0.2) is 23.3 Å². The average molecular weight is 278 g/mol. The van der Waals surface area contributed by atoms with E-state index in [-0.39, 0.29) is 0 Å². The Kier molecular flexibility index (Phi) is 3.73. The molecule has 3 rings (SSSR count). The number of hydrogen-bond donors (Lipinski definition) is 1. The second kappa shape index (κ2) is 6.00. The van der Waals surface area contributed by atoms with Gasteiger partial charge >= 0.3 is 0 Å². The molecule has 3 aromatic rings. The van der Waals surface area contributed by atoms with Gasteiger partial charge in [0, 0.05) is 10.9 Å². The largest absolute Gasteiger partial charge is 0.496 e. The molecule has 0 spiro atoms. The predicted octanol–water partition coefficient (Wildman–Crippen LogP) is 3.08. The molecule has 0 saturated heterocycles. The third kappa shape index (κ3) is 2.81. The first kappa shape index (κ1) is 13.1. The van der Waals surface area contributed by atoms with Crippen LogP contribution in [0.5, 0.6) is 5.75 Å². The van der Waals surface area contributed by atoms with Gasteiger partial charge in [-0.25, -0.2) is 9.97 Å². The number of nitrogens with zero attached hydrogens (tertiary/aromatic N) is 3. The number of para-hydroxylation sites is 2. The molecule has 1 heterocycles. The van der Waals surface area contributed by atoms with E-state index in [9.17, 15) is 0 Å². The molecule has 0 amide bonds. The molecule has 1 aromatic heterocycles. The van der Waals surface area contributed by atoms with Gasteiger partial charge < -0.3 is 4.74 Å². The fourth-order valence-corrected chi connectivity index (χ4v) is 2.03. The molecule has 0 atom stereocenters. The Balaban J connectivity index is 1.85. The Morgan fingerprint density at radius 1 is 1.05 bits per heavy atom. The maximum atomic E-state index is 5.27. The maximum Gasteiger partial charge on any atom is 0.157 e. The number of anilines is 1. The van der Waals surface area contributed by atoms with Crippen molar-refractivity contribution in [3.8, 4) is 5.75 Å². The van der Waals surface area contributed by atoms with Crippen molar-refractivity contribution in [3.05, 3.63) is 60.4 Å². The number of benzene rings is 2. The van der Waals surface area contributed by atoms with Crippen molar-refractivity contribution < 1.29 is 4.74 Å². The number of rotatable bonds is 4. The standard InChI is InChI=1S/C16H14N4O/c1-21-15-9-5-2-6-12(15)10-19-20-16-13-7-3-4-8-14(13)17-11-18-16/h2-11H,1H3,(H,17,18,20)/b19-10+. The van der Waals surface area contributed by atoms with Crippen LogP contribution in [0.4, 0.5) is 5.82 Å². The summed E-state index contributed by atoms with van der Waals surface area (Å²) in [6, 6.07) is 15.5. The van der Waals surface area contributed by atoms with Gasteiger partial charge in [0.15, 0.2) is 5.82 Å². The lowest BCUT2D eigenvalue weighted by molar-refractivity contribution is 0.414. The Bertz CT molecular complexity index is 781. The molecule has 1 N–H and O–H groups in total. The fraction of sp³-hybridized carbons (Fsp3) is 0.0625. The average Bonchev–Trinajstić information content (AvgIpc) is 2.55. The molecule has 21 heavy (non-hydrogen) atoms. The zero-order valence-corrected chi connectivity index (χ0v) is 11.5. The molecular weight excluding hydrogens is 264 g/mol. The lowest BCUT2D eigenvalue weighted by Gasteiger charge is -2.05. The summed E-state index contributed by atoms with van der Waals surface area (Å²) >= 11 is 0. The zero-order chi connectivity index (χ0) is 14.5. The van der Waals surface area contributed by atoms with Crippen LogP contribution in [0.3, 0.4) is 0 Å². The smallest absolute Gasteiger partial charge is 0.157 e. The summed E-state index contributed by atoms with van der Waals surface area (Å²) in [5, 5.41) is 5.15. The first-order valence-corrected chi connectivity index (χ1v) is 6.50. The predicted molar refractivity (Wildman–Crippen MR) is 83.7 cm³/mol. The van der Waals surface area contributed by atoms with Crippen LogP contribution >= 0.6 is 0 Å². The summed E-state index contributed by atoms with van der Waals surface area (Å²) in [5.74, 6) is 1.45. The van der Waals surface area contributed by atoms with E-state index in [4.69, 9.17) is 4.74 Å². The number of ether oxygens (including phenoxy) is 1. The van der Waals surface area contributed by atoms with Crippen molar-refractivity contribution in [3.63, 3.8) is 0 Å². The molecule has 0 bridgehead atoms. The Morgan fingerprint density at radius 2 is 1.86 bits per heavy atom. The summed E-state index contributed by atoms with van der Waals surface area (Å²) < 4.78 is 5.27. The SMILES string of the molecule is COc1ccccc1/C=N/Nc1ncnc2ccccc12. The van der Waals surface area contributed by atoms with Gasteiger partial charge in [-0.2, -0.15) is 5.10 Å². The van der Waals surface area contributed by atoms with Crippen molar-refractivity contribution in [2.45, 2.75) is 0 Å². The number of methoxy groups -OCH3 is 1. The van der Waals surface area contributed by atoms with Gasteiger partial charge in [0.05, 0.1) is 18.8 Å². The molecule has 0 saturated carbocycles. The Morgan fingerprint density at radius 3 is 2.76 bits per heavy atom. The van der Waals surface area contributed by atoms with Crippen molar-refractivity contribution in [1.82, 2.24) is 9.97 Å². The van der Waals surface area contributed by atoms with Crippen LogP contribution in [-0.2, 0) is 0 Å². The van der Waals surface area contributed by atoms with E-state index >= 15 is 0 Å². The highest BCUT2D eigenvalue weighted by Crippen LogP contribution is 2.18. The first-order chi connectivity index (χ1) is 10.4. The highest BCUT2D eigenvalue weighted by atomic mass is 16.5. The summed E-state index contributed by atoms with van der Waals surface area (Å²) in [6.07, 6.45) is 3.22. The van der Waals surface area contributed by atoms with Crippen molar-refractivity contribution in [2.24, 2.45) is 5.10 Å². The van der Waals surface area contributed by atoms with Crippen LogP contribution in [0.2, 0.25) is 0 Å². The molecule has 5 nitrogen and oxygen atoms in total. The molecule has 2 aromatic carbocycles. The minimum absolute atomic E-state index is 0.673. The van der Waals surface area contributed by atoms with E-state index in [2.05, 4.69) is 20.5 Å². The molecule has 0 unspecified atom stereocenters. The highest BCUT2D eigenvalue weighted by Gasteiger charge is 2.01. The summed E-state index contributed by atoms with van der Waals surface area (Å²) in [5.41, 5.74) is 4.72. The first-order valence-electron chi connectivity index (χ1n) is 6.50. The molecule has 0 aliphatic rings. The third-order valence-corrected chi connectivity index (χ3v) is 3.06. The molecule has 104 valence electrons. The molecule has 0 fully saturated rings. The molecule has 0 aliphatic carbocycles. The zero-order valence-electron chi connectivity index (χ0n) is 11.5. The van der Waals surface area contributed by atoms with E-state index in [0.29, 0.717) is 5.82 Å². The van der Waals surface area contributed by atoms with Gasteiger partial charge in [0.1, 0.15) is 12.1 Å². The van der Waals surface area contributed by atoms with Crippen LogP contribution < -0.4 is 10.2 Å². The summed E-state index contributed by atoms with van der Waals surface area (Å²) in [7, 11) is 1.64. The third-order valence-electron chi connectivity index (χ3n) is 3.06. The second-order valence-corrected chi connectivity index (χ2v) is 4.35. The number of nitrogens with one attached hydrogen (secondary N) is 1. The maximum absolute atomic E-state index is 5.27. The van der Waals surface area contributed by atoms with Crippen LogP contribution in [0.25, 0.3) is 10.9 Å². The van der Waals surface area contributed by atoms with Gasteiger partial charge in [0.2, 0.25) is 0 Å². The summed E-state index contributed by atoms with van der Waals surface area (Å²) in [6.45, 7) is 0. The van der Waals surface area contributed by atoms with E-state index in [1.165, 1.54) is 6.33 Å². The molecule has 0 aliphatic heterocycles. The fourth-order valence-electron chi connectivity index (χ4n) is 2.03. The highest BCUT2D eigenvalue weighted by molar-refractivity contribution is 5.89. The van der Waals surface area contributed by atoms with Crippen LogP contribution in [0.15, 0.2) is 60.0 Å². The summed E-state index contributed by atoms with van der Waals surface area (Å²) in [4.78, 5) is 8.43. The molecule has 5 heteroatoms. The second-order valence-electron chi connectivity index (χ2n) is 4.35. The van der Waals surface area contributed by atoms with Crippen LogP contribution in [0, 0.1) is 0 Å². The van der Waals surface area contributed by atoms with Gasteiger partial charge in [-0.05, 0) is 24.3 Å². The monoisotopic (exact) mass is 278 g/mol. The van der Waals surface area contributed by atoms with Gasteiger partial charge in [-0.3, -0.25) is 5.43 Å². The van der Waals surface area contributed by atoms with Gasteiger partial charge in [-0.1, -0.05) is 24.3 Å². The van der Waals surface area contributed by atoms with Crippen molar-refractivity contribution in [1.29, 1.82) is 0 Å². The van der Waals surface area contributed by atoms with E-state index in [1.54, 1.807) is 13.3 Å². The number of hydrogen-bond acceptors (Lipinski definition) is 5. The topological polar surface area (TPSA) is 59.4 Å². The lowest BCUT2D eigenvalue weighted by atomic mass is 10.2. The van der Waals surface area contributed by atoms with Gasteiger partial charge in [0.25, 0.3) is 0 Å².